The van der Waals surface area contributed by atoms with Gasteiger partial charge in [0.2, 0.25) is 6.23 Å². The second-order valence-electron chi connectivity index (χ2n) is 5.36. The average Bonchev–Trinajstić information content (AvgIpc) is 2.97. The Labute approximate surface area is 151 Å². The molecule has 5 nitrogen and oxygen atoms in total. The summed E-state index contributed by atoms with van der Waals surface area (Å²) in [6, 6.07) is 11.4. The number of pyridine rings is 1. The summed E-state index contributed by atoms with van der Waals surface area (Å²) in [6.07, 6.45) is 2.88. The molecule has 7 heteroatoms. The smallest absolute Gasteiger partial charge is 0.232 e. The fourth-order valence-electron chi connectivity index (χ4n) is 2.62. The minimum absolute atomic E-state index is 0.505. The maximum Gasteiger partial charge on any atom is 0.232 e. The van der Waals surface area contributed by atoms with Crippen LogP contribution in [-0.4, -0.2) is 14.8 Å². The Balaban J connectivity index is 1.88. The summed E-state index contributed by atoms with van der Waals surface area (Å²) in [5.41, 5.74) is 1.84. The molecular formula is C17H12BrClN4O. The van der Waals surface area contributed by atoms with Crippen molar-refractivity contribution < 1.29 is 4.74 Å². The number of fused-ring (bicyclic) bond motifs is 1. The minimum atomic E-state index is -0.518. The van der Waals surface area contributed by atoms with Crippen molar-refractivity contribution in [2.45, 2.75) is 13.2 Å². The molecule has 1 aromatic carbocycles. The number of ether oxygens (including phenoxy) is 1. The number of para-hydroxylation sites is 1. The summed E-state index contributed by atoms with van der Waals surface area (Å²) in [5.74, 6) is 0.536. The number of aromatic nitrogens is 3. The Morgan fingerprint density at radius 1 is 1.25 bits per heavy atom. The molecule has 120 valence electrons. The standard InChI is InChI=1S/C17H12BrClN4O/c1-10-4-2-5-11-9-24-17(21-15(10)11)13-8-14(18)22-23(13)16-12(19)6-3-7-20-16/h2-9,17H,1H3. The summed E-state index contributed by atoms with van der Waals surface area (Å²) < 4.78 is 8.13. The van der Waals surface area contributed by atoms with Crippen molar-refractivity contribution in [3.05, 3.63) is 74.1 Å². The van der Waals surface area contributed by atoms with Crippen LogP contribution >= 0.6 is 27.5 Å². The third-order valence-corrected chi connectivity index (χ3v) is 4.42. The van der Waals surface area contributed by atoms with E-state index >= 15 is 0 Å². The maximum absolute atomic E-state index is 6.27. The lowest BCUT2D eigenvalue weighted by Crippen LogP contribution is -2.32. The van der Waals surface area contributed by atoms with E-state index in [0.717, 1.165) is 21.8 Å². The molecule has 3 aromatic rings. The van der Waals surface area contributed by atoms with Crippen LogP contribution in [0.1, 0.15) is 17.5 Å². The van der Waals surface area contributed by atoms with Crippen molar-refractivity contribution in [1.82, 2.24) is 14.8 Å². The molecular weight excluding hydrogens is 392 g/mol. The van der Waals surface area contributed by atoms with Crippen LogP contribution in [0.3, 0.4) is 0 Å². The third kappa shape index (κ3) is 2.61. The fourth-order valence-corrected chi connectivity index (χ4v) is 3.21. The van der Waals surface area contributed by atoms with Gasteiger partial charge in [0.05, 0.1) is 16.6 Å². The van der Waals surface area contributed by atoms with E-state index in [2.05, 4.69) is 26.0 Å². The number of nitrogens with zero attached hydrogens (tertiary/aromatic N) is 4. The van der Waals surface area contributed by atoms with Crippen LogP contribution in [0.4, 0.5) is 0 Å². The number of aryl methyl sites for hydroxylation is 1. The minimum Gasteiger partial charge on any atom is -0.470 e. The van der Waals surface area contributed by atoms with Gasteiger partial charge in [-0.2, -0.15) is 5.10 Å². The first kappa shape index (κ1) is 15.4. The Morgan fingerprint density at radius 3 is 2.96 bits per heavy atom. The van der Waals surface area contributed by atoms with E-state index in [-0.39, 0.29) is 0 Å². The molecule has 1 unspecified atom stereocenters. The zero-order valence-electron chi connectivity index (χ0n) is 12.6. The van der Waals surface area contributed by atoms with Gasteiger partial charge in [-0.25, -0.2) is 14.7 Å². The quantitative estimate of drug-likeness (QED) is 0.661. The van der Waals surface area contributed by atoms with Gasteiger partial charge in [0.25, 0.3) is 0 Å². The van der Waals surface area contributed by atoms with E-state index in [0.29, 0.717) is 15.4 Å². The van der Waals surface area contributed by atoms with Gasteiger partial charge in [0.15, 0.2) is 5.82 Å². The van der Waals surface area contributed by atoms with Crippen LogP contribution in [0.25, 0.3) is 12.1 Å². The zero-order chi connectivity index (χ0) is 16.7. The lowest BCUT2D eigenvalue weighted by atomic mass is 10.2. The van der Waals surface area contributed by atoms with Gasteiger partial charge in [-0.05, 0) is 46.6 Å². The lowest BCUT2D eigenvalue weighted by molar-refractivity contribution is 0.174. The highest BCUT2D eigenvalue weighted by Crippen LogP contribution is 2.28. The van der Waals surface area contributed by atoms with Gasteiger partial charge in [-0.15, -0.1) is 0 Å². The van der Waals surface area contributed by atoms with Crippen LogP contribution in [0.2, 0.25) is 5.02 Å². The van der Waals surface area contributed by atoms with Crippen LogP contribution in [0.5, 0.6) is 0 Å². The maximum atomic E-state index is 6.27. The largest absolute Gasteiger partial charge is 0.470 e. The highest BCUT2D eigenvalue weighted by molar-refractivity contribution is 9.10. The lowest BCUT2D eigenvalue weighted by Gasteiger charge is -2.17. The number of rotatable bonds is 2. The topological polar surface area (TPSA) is 52.3 Å². The van der Waals surface area contributed by atoms with Gasteiger partial charge < -0.3 is 4.74 Å². The van der Waals surface area contributed by atoms with E-state index in [4.69, 9.17) is 21.3 Å². The number of halogens is 2. The highest BCUT2D eigenvalue weighted by atomic mass is 79.9. The molecule has 1 aliphatic rings. The number of hydrogen-bond donors (Lipinski definition) is 0. The molecule has 0 saturated carbocycles. The van der Waals surface area contributed by atoms with Crippen LogP contribution in [0, 0.1) is 6.92 Å². The van der Waals surface area contributed by atoms with Crippen molar-refractivity contribution in [2.75, 3.05) is 0 Å². The van der Waals surface area contributed by atoms with E-state index in [1.165, 1.54) is 0 Å². The number of benzene rings is 1. The predicted octanol–water partition coefficient (Wildman–Crippen LogP) is 3.08. The summed E-state index contributed by atoms with van der Waals surface area (Å²) in [4.78, 5) is 9.06. The van der Waals surface area contributed by atoms with Crippen LogP contribution in [0.15, 0.2) is 52.2 Å². The van der Waals surface area contributed by atoms with E-state index in [1.807, 2.05) is 31.2 Å². The molecule has 0 saturated heterocycles. The van der Waals surface area contributed by atoms with Crippen LogP contribution in [-0.2, 0) is 4.74 Å². The Bertz CT molecular complexity index is 1050. The first-order valence-corrected chi connectivity index (χ1v) is 8.46. The molecule has 0 radical (unpaired) electrons. The summed E-state index contributed by atoms with van der Waals surface area (Å²) >= 11 is 9.67. The van der Waals surface area contributed by atoms with Crippen LogP contribution < -0.4 is 10.6 Å². The fraction of sp³-hybridized carbons (Fsp3) is 0.118. The molecule has 24 heavy (non-hydrogen) atoms. The second-order valence-corrected chi connectivity index (χ2v) is 6.58. The van der Waals surface area contributed by atoms with Crippen molar-refractivity contribution in [1.29, 1.82) is 0 Å². The average molecular weight is 404 g/mol. The summed E-state index contributed by atoms with van der Waals surface area (Å²) in [7, 11) is 0. The highest BCUT2D eigenvalue weighted by Gasteiger charge is 2.22. The monoisotopic (exact) mass is 402 g/mol. The van der Waals surface area contributed by atoms with Gasteiger partial charge in [0.1, 0.15) is 10.3 Å². The summed E-state index contributed by atoms with van der Waals surface area (Å²) in [5, 5.41) is 6.82. The molecule has 2 aromatic heterocycles. The van der Waals surface area contributed by atoms with Gasteiger partial charge in [0, 0.05) is 17.5 Å². The van der Waals surface area contributed by atoms with Crippen molar-refractivity contribution in [3.8, 4) is 5.82 Å². The molecule has 0 N–H and O–H groups in total. The molecule has 3 heterocycles. The van der Waals surface area contributed by atoms with E-state index in [9.17, 15) is 0 Å². The van der Waals surface area contributed by atoms with E-state index in [1.54, 1.807) is 29.3 Å². The third-order valence-electron chi connectivity index (χ3n) is 3.74. The normalized spacial score (nSPS) is 15.9. The molecule has 1 atom stereocenters. The predicted molar refractivity (Wildman–Crippen MR) is 94.3 cm³/mol. The number of hydrogen-bond acceptors (Lipinski definition) is 4. The molecule has 0 bridgehead atoms. The zero-order valence-corrected chi connectivity index (χ0v) is 15.0. The van der Waals surface area contributed by atoms with E-state index < -0.39 is 6.23 Å². The Hall–Kier alpha value is -2.18. The first-order valence-electron chi connectivity index (χ1n) is 7.29. The molecule has 0 aliphatic carbocycles. The van der Waals surface area contributed by atoms with Crippen molar-refractivity contribution in [2.24, 2.45) is 4.99 Å². The SMILES string of the molecule is Cc1cccc2c1=NC(c1cc(Br)nn1-c1ncccc1Cl)OC=2. The van der Waals surface area contributed by atoms with Crippen molar-refractivity contribution >= 4 is 33.8 Å². The van der Waals surface area contributed by atoms with Crippen molar-refractivity contribution in [3.63, 3.8) is 0 Å². The molecule has 0 amide bonds. The van der Waals surface area contributed by atoms with Gasteiger partial charge >= 0.3 is 0 Å². The summed E-state index contributed by atoms with van der Waals surface area (Å²) in [6.45, 7) is 2.03. The Morgan fingerprint density at radius 2 is 2.12 bits per heavy atom. The molecule has 0 fully saturated rings. The molecule has 1 aliphatic heterocycles. The second kappa shape index (κ2) is 6.03. The Kier molecular flexibility index (Phi) is 3.86. The van der Waals surface area contributed by atoms with Gasteiger partial charge in [-0.1, -0.05) is 23.7 Å². The first-order chi connectivity index (χ1) is 11.6. The van der Waals surface area contributed by atoms with Gasteiger partial charge in [-0.3, -0.25) is 0 Å². The molecule has 4 rings (SSSR count). The molecule has 0 spiro atoms.